The van der Waals surface area contributed by atoms with Gasteiger partial charge in [-0.15, -0.1) is 11.3 Å². The molecule has 2 aliphatic heterocycles. The maximum atomic E-state index is 12.1. The molecule has 1 atom stereocenters. The molecule has 2 aliphatic rings. The molecule has 0 bridgehead atoms. The highest BCUT2D eigenvalue weighted by Crippen LogP contribution is 2.31. The summed E-state index contributed by atoms with van der Waals surface area (Å²) in [4.78, 5) is 22.9. The molecule has 4 rings (SSSR count). The topological polar surface area (TPSA) is 83.9 Å². The molecule has 1 fully saturated rings. The van der Waals surface area contributed by atoms with E-state index in [4.69, 9.17) is 4.74 Å². The fourth-order valence-corrected chi connectivity index (χ4v) is 4.66. The number of amidine groups is 1. The molecule has 0 aliphatic carbocycles. The number of fused-ring (bicyclic) bond motifs is 1. The van der Waals surface area contributed by atoms with Gasteiger partial charge in [-0.2, -0.15) is 0 Å². The molecule has 3 heterocycles. The van der Waals surface area contributed by atoms with Gasteiger partial charge in [-0.1, -0.05) is 22.0 Å². The Labute approximate surface area is 215 Å². The third kappa shape index (κ3) is 8.37. The molecule has 1 saturated heterocycles. The van der Waals surface area contributed by atoms with Crippen LogP contribution in [0.25, 0.3) is 0 Å². The van der Waals surface area contributed by atoms with Gasteiger partial charge in [0.1, 0.15) is 5.82 Å². The van der Waals surface area contributed by atoms with Crippen LogP contribution < -0.4 is 4.72 Å². The van der Waals surface area contributed by atoms with E-state index in [0.717, 1.165) is 40.4 Å². The Morgan fingerprint density at radius 2 is 2.18 bits per heavy atom. The predicted octanol–water partition coefficient (Wildman–Crippen LogP) is 4.68. The van der Waals surface area contributed by atoms with E-state index in [-0.39, 0.29) is 17.0 Å². The SMILES string of the molecule is CCOC(=O)C1=C2CCCN2C(c2nccs2)=NC1.CNS(=O)C(C)C.Fc1cccc(Br)c1. The second kappa shape index (κ2) is 14.4. The molecule has 34 heavy (non-hydrogen) atoms. The first-order chi connectivity index (χ1) is 16.3. The molecule has 0 spiro atoms. The number of carbonyl (C=O) groups excluding carboxylic acids is 1. The zero-order chi connectivity index (χ0) is 25.1. The number of benzene rings is 1. The van der Waals surface area contributed by atoms with Crippen molar-refractivity contribution in [2.75, 3.05) is 26.7 Å². The minimum absolute atomic E-state index is 0.209. The van der Waals surface area contributed by atoms with Crippen LogP contribution >= 0.6 is 27.3 Å². The number of hydrogen-bond acceptors (Lipinski definition) is 7. The number of aliphatic imine (C=N–C) groups is 1. The fourth-order valence-electron chi connectivity index (χ4n) is 3.17. The quantitative estimate of drug-likeness (QED) is 0.526. The van der Waals surface area contributed by atoms with Crippen molar-refractivity contribution in [3.8, 4) is 0 Å². The van der Waals surface area contributed by atoms with Crippen LogP contribution in [0.2, 0.25) is 0 Å². The average Bonchev–Trinajstić information content (AvgIpc) is 3.51. The highest BCUT2D eigenvalue weighted by Gasteiger charge is 2.32. The Morgan fingerprint density at radius 1 is 1.41 bits per heavy atom. The van der Waals surface area contributed by atoms with Gasteiger partial charge < -0.3 is 9.64 Å². The summed E-state index contributed by atoms with van der Waals surface area (Å²) in [5, 5.41) is 3.09. The first-order valence-corrected chi connectivity index (χ1v) is 13.8. The van der Waals surface area contributed by atoms with Crippen LogP contribution in [0, 0.1) is 5.82 Å². The van der Waals surface area contributed by atoms with Crippen LogP contribution in [-0.2, 0) is 20.5 Å². The van der Waals surface area contributed by atoms with Gasteiger partial charge in [0.25, 0.3) is 0 Å². The average molecular weight is 574 g/mol. The summed E-state index contributed by atoms with van der Waals surface area (Å²) in [5.74, 6) is 0.460. The smallest absolute Gasteiger partial charge is 0.337 e. The molecule has 1 aromatic heterocycles. The molecular weight excluding hydrogens is 543 g/mol. The standard InChI is InChI=1S/C13H15N3O2S.C6H4BrF.C4H11NOS/c1-2-18-13(17)9-8-15-11(12-14-5-7-19-12)16-6-3-4-10(9)16;7-5-2-1-3-6(8)4-5;1-4(2)7(6)5-3/h5,7H,2-4,6,8H2,1H3;1-4H;4-5H,1-3H3. The Hall–Kier alpha value is -1.95. The van der Waals surface area contributed by atoms with Crippen LogP contribution in [-0.4, -0.2) is 57.9 Å². The third-order valence-corrected chi connectivity index (χ3v) is 7.19. The molecule has 186 valence electrons. The second-order valence-electron chi connectivity index (χ2n) is 7.37. The van der Waals surface area contributed by atoms with Crippen molar-refractivity contribution in [2.45, 2.75) is 38.9 Å². The number of allylic oxidation sites excluding steroid dienone is 1. The van der Waals surface area contributed by atoms with Gasteiger partial charge in [0, 0.05) is 33.5 Å². The Kier molecular flexibility index (Phi) is 12.0. The van der Waals surface area contributed by atoms with Crippen LogP contribution in [0.5, 0.6) is 0 Å². The number of rotatable bonds is 5. The van der Waals surface area contributed by atoms with Crippen LogP contribution in [0.3, 0.4) is 0 Å². The van der Waals surface area contributed by atoms with Gasteiger partial charge in [-0.3, -0.25) is 4.99 Å². The normalized spacial score (nSPS) is 15.5. The maximum absolute atomic E-state index is 12.1. The van der Waals surface area contributed by atoms with E-state index in [1.165, 1.54) is 12.1 Å². The van der Waals surface area contributed by atoms with Gasteiger partial charge in [0.2, 0.25) is 0 Å². The van der Waals surface area contributed by atoms with Crippen molar-refractivity contribution in [3.63, 3.8) is 0 Å². The van der Waals surface area contributed by atoms with Gasteiger partial charge in [0.15, 0.2) is 10.8 Å². The van der Waals surface area contributed by atoms with Crippen LogP contribution in [0.15, 0.2) is 56.6 Å². The Bertz CT molecular complexity index is 1010. The number of thiazole rings is 1. The predicted molar refractivity (Wildman–Crippen MR) is 140 cm³/mol. The van der Waals surface area contributed by atoms with Gasteiger partial charge >= 0.3 is 5.97 Å². The number of halogens is 2. The first-order valence-electron chi connectivity index (χ1n) is 10.9. The number of nitrogens with one attached hydrogen (secondary N) is 1. The van der Waals surface area contributed by atoms with E-state index in [1.54, 1.807) is 36.7 Å². The van der Waals surface area contributed by atoms with Crippen molar-refractivity contribution in [1.82, 2.24) is 14.6 Å². The molecule has 7 nitrogen and oxygen atoms in total. The molecule has 0 saturated carbocycles. The lowest BCUT2D eigenvalue weighted by Crippen LogP contribution is -2.33. The van der Waals surface area contributed by atoms with Crippen molar-refractivity contribution in [2.24, 2.45) is 4.99 Å². The third-order valence-electron chi connectivity index (χ3n) is 4.67. The molecular formula is C23H30BrFN4O3S2. The van der Waals surface area contributed by atoms with Gasteiger partial charge in [0.05, 0.1) is 29.7 Å². The number of esters is 1. The van der Waals surface area contributed by atoms with E-state index in [1.807, 2.05) is 26.2 Å². The first kappa shape index (κ1) is 28.3. The highest BCUT2D eigenvalue weighted by atomic mass is 79.9. The minimum atomic E-state index is -0.829. The van der Waals surface area contributed by atoms with Gasteiger partial charge in [-0.25, -0.2) is 23.1 Å². The minimum Gasteiger partial charge on any atom is -0.463 e. The lowest BCUT2D eigenvalue weighted by molar-refractivity contribution is -0.138. The summed E-state index contributed by atoms with van der Waals surface area (Å²) < 4.78 is 31.2. The summed E-state index contributed by atoms with van der Waals surface area (Å²) in [7, 11) is 0.862. The van der Waals surface area contributed by atoms with Crippen molar-refractivity contribution in [3.05, 3.63) is 62.4 Å². The van der Waals surface area contributed by atoms with Crippen molar-refractivity contribution >= 4 is 50.1 Å². The summed E-state index contributed by atoms with van der Waals surface area (Å²) in [6.07, 6.45) is 3.74. The summed E-state index contributed by atoms with van der Waals surface area (Å²) in [6.45, 7) is 7.34. The fraction of sp³-hybridized carbons (Fsp3) is 0.435. The number of hydrogen-bond donors (Lipinski definition) is 1. The molecule has 1 aromatic carbocycles. The summed E-state index contributed by atoms with van der Waals surface area (Å²) in [5.41, 5.74) is 1.78. The lowest BCUT2D eigenvalue weighted by atomic mass is 10.1. The zero-order valence-corrected chi connectivity index (χ0v) is 22.9. The largest absolute Gasteiger partial charge is 0.463 e. The molecule has 11 heteroatoms. The van der Waals surface area contributed by atoms with E-state index in [9.17, 15) is 13.4 Å². The maximum Gasteiger partial charge on any atom is 0.337 e. The highest BCUT2D eigenvalue weighted by molar-refractivity contribution is 9.10. The number of aromatic nitrogens is 1. The molecule has 1 unspecified atom stereocenters. The Morgan fingerprint density at radius 3 is 2.68 bits per heavy atom. The van der Waals surface area contributed by atoms with E-state index >= 15 is 0 Å². The summed E-state index contributed by atoms with van der Waals surface area (Å²) >= 11 is 4.70. The van der Waals surface area contributed by atoms with E-state index < -0.39 is 11.0 Å². The summed E-state index contributed by atoms with van der Waals surface area (Å²) in [6, 6.07) is 6.26. The van der Waals surface area contributed by atoms with Crippen LogP contribution in [0.4, 0.5) is 4.39 Å². The lowest BCUT2D eigenvalue weighted by Gasteiger charge is -2.26. The Balaban J connectivity index is 0.000000225. The number of carbonyl (C=O) groups is 1. The molecule has 0 radical (unpaired) electrons. The molecule has 2 aromatic rings. The van der Waals surface area contributed by atoms with Crippen molar-refractivity contribution in [1.29, 1.82) is 0 Å². The number of ether oxygens (including phenoxy) is 1. The van der Waals surface area contributed by atoms with Crippen LogP contribution in [0.1, 0.15) is 38.6 Å². The monoisotopic (exact) mass is 572 g/mol. The van der Waals surface area contributed by atoms with Crippen molar-refractivity contribution < 1.29 is 18.1 Å². The molecule has 0 amide bonds. The zero-order valence-electron chi connectivity index (χ0n) is 19.7. The molecule has 1 N–H and O–H groups in total. The van der Waals surface area contributed by atoms with E-state index in [0.29, 0.717) is 18.7 Å². The van der Waals surface area contributed by atoms with E-state index in [2.05, 4.69) is 35.5 Å². The number of nitrogens with zero attached hydrogens (tertiary/aromatic N) is 3. The van der Waals surface area contributed by atoms with Gasteiger partial charge in [-0.05, 0) is 58.9 Å². The second-order valence-corrected chi connectivity index (χ2v) is 11.1.